The van der Waals surface area contributed by atoms with Crippen LogP contribution in [-0.4, -0.2) is 7.05 Å². The van der Waals surface area contributed by atoms with E-state index in [2.05, 4.69) is 27.3 Å². The van der Waals surface area contributed by atoms with Crippen LogP contribution in [0.5, 0.6) is 0 Å². The van der Waals surface area contributed by atoms with E-state index in [0.717, 1.165) is 14.2 Å². The Bertz CT molecular complexity index is 551. The molecule has 1 aromatic heterocycles. The molecule has 0 aliphatic carbocycles. The monoisotopic (exact) mass is 347 g/mol. The molecule has 2 aromatic rings. The first-order valence-electron chi connectivity index (χ1n) is 5.41. The predicted octanol–water partition coefficient (Wildman–Crippen LogP) is 4.92. The van der Waals surface area contributed by atoms with E-state index in [-0.39, 0.29) is 16.9 Å². The molecule has 18 heavy (non-hydrogen) atoms. The molecule has 1 heterocycles. The molecular weight excluding hydrogens is 337 g/mol. The predicted molar refractivity (Wildman–Crippen MR) is 79.1 cm³/mol. The van der Waals surface area contributed by atoms with Gasteiger partial charge in [-0.2, -0.15) is 0 Å². The second-order valence-corrected chi connectivity index (χ2v) is 6.75. The van der Waals surface area contributed by atoms with Crippen LogP contribution < -0.4 is 5.32 Å². The molecule has 0 aliphatic rings. The molecule has 1 N–H and O–H groups in total. The fraction of sp³-hybridized carbons (Fsp3) is 0.231. The molecule has 0 saturated carbocycles. The number of halogens is 3. The molecule has 1 atom stereocenters. The summed E-state index contributed by atoms with van der Waals surface area (Å²) < 4.78 is 14.6. The zero-order valence-electron chi connectivity index (χ0n) is 9.93. The highest BCUT2D eigenvalue weighted by Gasteiger charge is 2.19. The van der Waals surface area contributed by atoms with Gasteiger partial charge in [-0.1, -0.05) is 23.7 Å². The molecule has 0 bridgehead atoms. The van der Waals surface area contributed by atoms with Crippen LogP contribution in [-0.2, 0) is 0 Å². The molecule has 5 heteroatoms. The average Bonchev–Trinajstić information content (AvgIpc) is 2.66. The molecule has 0 fully saturated rings. The lowest BCUT2D eigenvalue weighted by molar-refractivity contribution is 0.618. The molecule has 0 saturated heterocycles. The topological polar surface area (TPSA) is 12.0 Å². The van der Waals surface area contributed by atoms with Crippen molar-refractivity contribution in [1.29, 1.82) is 0 Å². The largest absolute Gasteiger partial charge is 0.309 e. The van der Waals surface area contributed by atoms with Gasteiger partial charge in [0.15, 0.2) is 0 Å². The number of hydrogen-bond acceptors (Lipinski definition) is 2. The first-order chi connectivity index (χ1) is 8.54. The number of thiophene rings is 1. The van der Waals surface area contributed by atoms with Crippen LogP contribution in [0.25, 0.3) is 0 Å². The Hall–Kier alpha value is -0.420. The summed E-state index contributed by atoms with van der Waals surface area (Å²) in [5.41, 5.74) is 1.93. The molecule has 2 rings (SSSR count). The van der Waals surface area contributed by atoms with E-state index in [9.17, 15) is 4.39 Å². The maximum Gasteiger partial charge on any atom is 0.142 e. The highest BCUT2D eigenvalue weighted by molar-refractivity contribution is 9.11. The maximum atomic E-state index is 13.5. The van der Waals surface area contributed by atoms with Crippen molar-refractivity contribution in [2.75, 3.05) is 7.05 Å². The van der Waals surface area contributed by atoms with Gasteiger partial charge in [-0.3, -0.25) is 0 Å². The Morgan fingerprint density at radius 1 is 1.44 bits per heavy atom. The van der Waals surface area contributed by atoms with Crippen molar-refractivity contribution in [2.45, 2.75) is 13.0 Å². The van der Waals surface area contributed by atoms with Crippen LogP contribution in [0, 0.1) is 12.7 Å². The summed E-state index contributed by atoms with van der Waals surface area (Å²) >= 11 is 11.2. The van der Waals surface area contributed by atoms with Crippen molar-refractivity contribution in [2.24, 2.45) is 0 Å². The van der Waals surface area contributed by atoms with Crippen LogP contribution in [0.2, 0.25) is 5.02 Å². The van der Waals surface area contributed by atoms with Gasteiger partial charge in [0, 0.05) is 4.88 Å². The van der Waals surface area contributed by atoms with E-state index in [1.54, 1.807) is 17.4 Å². The van der Waals surface area contributed by atoms with Crippen molar-refractivity contribution in [3.63, 3.8) is 0 Å². The summed E-state index contributed by atoms with van der Waals surface area (Å²) in [6, 6.07) is 6.88. The lowest BCUT2D eigenvalue weighted by atomic mass is 10.0. The minimum absolute atomic E-state index is 0.0943. The molecule has 1 aromatic carbocycles. The van der Waals surface area contributed by atoms with Crippen molar-refractivity contribution in [3.8, 4) is 0 Å². The normalized spacial score (nSPS) is 12.7. The van der Waals surface area contributed by atoms with Crippen LogP contribution >= 0.6 is 38.9 Å². The molecule has 0 spiro atoms. The Kier molecular flexibility index (Phi) is 4.43. The minimum atomic E-state index is -0.387. The molecule has 0 radical (unpaired) electrons. The van der Waals surface area contributed by atoms with Gasteiger partial charge in [-0.25, -0.2) is 4.39 Å². The number of nitrogens with one attached hydrogen (secondary N) is 1. The smallest absolute Gasteiger partial charge is 0.142 e. The first kappa shape index (κ1) is 14.0. The minimum Gasteiger partial charge on any atom is -0.309 e. The Balaban J connectivity index is 2.48. The van der Waals surface area contributed by atoms with Gasteiger partial charge in [-0.15, -0.1) is 11.3 Å². The second kappa shape index (κ2) is 5.70. The summed E-state index contributed by atoms with van der Waals surface area (Å²) in [4.78, 5) is 1.11. The van der Waals surface area contributed by atoms with Gasteiger partial charge in [0.25, 0.3) is 0 Å². The van der Waals surface area contributed by atoms with Gasteiger partial charge in [0.05, 0.1) is 14.9 Å². The first-order valence-corrected chi connectivity index (χ1v) is 7.40. The van der Waals surface area contributed by atoms with Crippen molar-refractivity contribution >= 4 is 38.9 Å². The third-order valence-corrected chi connectivity index (χ3v) is 5.34. The molecular formula is C13H12BrClFNS. The lowest BCUT2D eigenvalue weighted by Crippen LogP contribution is -2.17. The molecule has 0 aliphatic heterocycles. The molecule has 1 nitrogen and oxygen atoms in total. The number of rotatable bonds is 3. The summed E-state index contributed by atoms with van der Waals surface area (Å²) in [5, 5.41) is 3.36. The number of hydrogen-bond donors (Lipinski definition) is 1. The fourth-order valence-corrected chi connectivity index (χ4v) is 3.76. The van der Waals surface area contributed by atoms with E-state index >= 15 is 0 Å². The highest BCUT2D eigenvalue weighted by atomic mass is 79.9. The quantitative estimate of drug-likeness (QED) is 0.830. The zero-order valence-corrected chi connectivity index (χ0v) is 13.1. The van der Waals surface area contributed by atoms with Crippen molar-refractivity contribution in [3.05, 3.63) is 54.9 Å². The van der Waals surface area contributed by atoms with E-state index in [4.69, 9.17) is 11.6 Å². The summed E-state index contributed by atoms with van der Waals surface area (Å²) in [6.07, 6.45) is 0. The number of benzene rings is 1. The lowest BCUT2D eigenvalue weighted by Gasteiger charge is -2.16. The maximum absolute atomic E-state index is 13.5. The summed E-state index contributed by atoms with van der Waals surface area (Å²) in [5.74, 6) is -0.387. The molecule has 1 unspecified atom stereocenters. The standard InChI is InChI=1S/C13H12BrClFNS/c1-7-6-10(18-13(7)14)12(17-2)8-4-3-5-9(16)11(8)15/h3-6,12,17H,1-2H3. The Morgan fingerprint density at radius 2 is 2.17 bits per heavy atom. The second-order valence-electron chi connectivity index (χ2n) is 3.97. The van der Waals surface area contributed by atoms with Crippen molar-refractivity contribution in [1.82, 2.24) is 5.32 Å². The van der Waals surface area contributed by atoms with Crippen molar-refractivity contribution < 1.29 is 4.39 Å². The van der Waals surface area contributed by atoms with Crippen LogP contribution in [0.15, 0.2) is 28.1 Å². The summed E-state index contributed by atoms with van der Waals surface area (Å²) in [6.45, 7) is 2.03. The third-order valence-electron chi connectivity index (χ3n) is 2.74. The van der Waals surface area contributed by atoms with E-state index < -0.39 is 0 Å². The van der Waals surface area contributed by atoms with E-state index in [1.807, 2.05) is 20.0 Å². The Labute approximate surface area is 123 Å². The summed E-state index contributed by atoms with van der Waals surface area (Å²) in [7, 11) is 1.84. The SMILES string of the molecule is CNC(c1cc(C)c(Br)s1)c1cccc(F)c1Cl. The zero-order chi connectivity index (χ0) is 13.3. The van der Waals surface area contributed by atoms with Gasteiger partial charge >= 0.3 is 0 Å². The highest BCUT2D eigenvalue weighted by Crippen LogP contribution is 2.36. The van der Waals surface area contributed by atoms with Gasteiger partial charge in [0.2, 0.25) is 0 Å². The van der Waals surface area contributed by atoms with E-state index in [1.165, 1.54) is 11.6 Å². The van der Waals surface area contributed by atoms with Gasteiger partial charge < -0.3 is 5.32 Å². The van der Waals surface area contributed by atoms with Crippen LogP contribution in [0.3, 0.4) is 0 Å². The van der Waals surface area contributed by atoms with Gasteiger partial charge in [-0.05, 0) is 53.2 Å². The molecule has 0 amide bonds. The third kappa shape index (κ3) is 2.62. The fourth-order valence-electron chi connectivity index (χ4n) is 1.82. The van der Waals surface area contributed by atoms with Gasteiger partial charge in [0.1, 0.15) is 5.82 Å². The molecule has 96 valence electrons. The number of aryl methyl sites for hydroxylation is 1. The average molecular weight is 349 g/mol. The Morgan fingerprint density at radius 3 is 2.72 bits per heavy atom. The van der Waals surface area contributed by atoms with E-state index in [0.29, 0.717) is 0 Å². The van der Waals surface area contributed by atoms with Crippen LogP contribution in [0.1, 0.15) is 22.0 Å². The van der Waals surface area contributed by atoms with Crippen LogP contribution in [0.4, 0.5) is 4.39 Å².